The summed E-state index contributed by atoms with van der Waals surface area (Å²) in [5.41, 5.74) is 0.737. The quantitative estimate of drug-likeness (QED) is 0.340. The van der Waals surface area contributed by atoms with Crippen molar-refractivity contribution in [2.24, 2.45) is 0 Å². The van der Waals surface area contributed by atoms with Crippen molar-refractivity contribution < 1.29 is 26.4 Å². The molecule has 3 rings (SSSR count). The summed E-state index contributed by atoms with van der Waals surface area (Å²) >= 11 is 0. The van der Waals surface area contributed by atoms with E-state index in [0.717, 1.165) is 25.4 Å². The maximum absolute atomic E-state index is 12.8. The summed E-state index contributed by atoms with van der Waals surface area (Å²) < 4.78 is 57.4. The molecule has 1 aliphatic rings. The Morgan fingerprint density at radius 3 is 2.26 bits per heavy atom. The van der Waals surface area contributed by atoms with E-state index in [4.69, 9.17) is 4.74 Å². The number of benzene rings is 2. The van der Waals surface area contributed by atoms with Gasteiger partial charge in [0, 0.05) is 18.3 Å². The summed E-state index contributed by atoms with van der Waals surface area (Å²) in [7, 11) is -7.19. The first kappa shape index (κ1) is 25.8. The molecular weight excluding hydrogens is 480 g/mol. The molecule has 4 N–H and O–H groups in total. The number of nitrogens with one attached hydrogen (secondary N) is 4. The van der Waals surface area contributed by atoms with E-state index in [2.05, 4.69) is 20.1 Å². The Balaban J connectivity index is 1.73. The molecule has 0 atom stereocenters. The molecule has 0 bridgehead atoms. The Hall–Kier alpha value is -2.83. The normalized spacial score (nSPS) is 14.5. The van der Waals surface area contributed by atoms with Crippen LogP contribution in [-0.2, 0) is 20.0 Å². The Kier molecular flexibility index (Phi) is 8.39. The molecule has 0 aromatic heterocycles. The minimum atomic E-state index is -3.60. The number of hydrogen-bond donors (Lipinski definition) is 4. The number of ether oxygens (including phenoxy) is 1. The number of amides is 1. The van der Waals surface area contributed by atoms with Gasteiger partial charge < -0.3 is 15.4 Å². The van der Waals surface area contributed by atoms with Crippen molar-refractivity contribution in [2.45, 2.75) is 31.7 Å². The Labute approximate surface area is 200 Å². The van der Waals surface area contributed by atoms with E-state index in [1.807, 2.05) is 0 Å². The highest BCUT2D eigenvalue weighted by Gasteiger charge is 2.17. The Morgan fingerprint density at radius 1 is 0.941 bits per heavy atom. The number of anilines is 3. The van der Waals surface area contributed by atoms with E-state index >= 15 is 0 Å². The summed E-state index contributed by atoms with van der Waals surface area (Å²) in [6.07, 6.45) is 6.77. The van der Waals surface area contributed by atoms with Crippen LogP contribution in [0, 0.1) is 0 Å². The monoisotopic (exact) mass is 510 g/mol. The third kappa shape index (κ3) is 8.19. The van der Waals surface area contributed by atoms with Crippen molar-refractivity contribution in [3.05, 3.63) is 48.0 Å². The van der Waals surface area contributed by atoms with E-state index < -0.39 is 26.0 Å². The van der Waals surface area contributed by atoms with E-state index in [1.54, 1.807) is 24.3 Å². The topological polar surface area (TPSA) is 143 Å². The lowest BCUT2D eigenvalue weighted by molar-refractivity contribution is 0.102. The van der Waals surface area contributed by atoms with Gasteiger partial charge in [0.15, 0.2) is 0 Å². The van der Waals surface area contributed by atoms with Crippen LogP contribution in [-0.4, -0.2) is 54.4 Å². The number of rotatable bonds is 11. The summed E-state index contributed by atoms with van der Waals surface area (Å²) in [6.45, 7) is 0.983. The van der Waals surface area contributed by atoms with E-state index in [0.29, 0.717) is 30.6 Å². The molecular formula is C22H30N4O6S2. The molecule has 0 saturated heterocycles. The Bertz CT molecular complexity index is 1230. The summed E-state index contributed by atoms with van der Waals surface area (Å²) in [4.78, 5) is 12.8. The molecule has 0 heterocycles. The SMILES string of the molecule is CS(=O)(=O)Nc1cc(NC(=O)c2ccccc2NS(C)(=O)=O)ccc1OCCNC1CCCC1. The molecule has 0 unspecified atom stereocenters. The zero-order valence-electron chi connectivity index (χ0n) is 19.1. The first-order valence-electron chi connectivity index (χ1n) is 10.9. The first-order chi connectivity index (χ1) is 16.0. The minimum absolute atomic E-state index is 0.115. The highest BCUT2D eigenvalue weighted by Crippen LogP contribution is 2.30. The number of hydrogen-bond acceptors (Lipinski definition) is 7. The highest BCUT2D eigenvalue weighted by atomic mass is 32.2. The van der Waals surface area contributed by atoms with Crippen LogP contribution >= 0.6 is 0 Å². The van der Waals surface area contributed by atoms with Crippen LogP contribution in [0.25, 0.3) is 0 Å². The van der Waals surface area contributed by atoms with E-state index in [1.165, 1.54) is 31.0 Å². The molecule has 2 aromatic carbocycles. The minimum Gasteiger partial charge on any atom is -0.490 e. The molecule has 186 valence electrons. The lowest BCUT2D eigenvalue weighted by Crippen LogP contribution is -2.30. The van der Waals surface area contributed by atoms with Crippen molar-refractivity contribution in [3.8, 4) is 5.75 Å². The van der Waals surface area contributed by atoms with Crippen molar-refractivity contribution in [1.29, 1.82) is 0 Å². The highest BCUT2D eigenvalue weighted by molar-refractivity contribution is 7.92. The number of carbonyl (C=O) groups excluding carboxylic acids is 1. The van der Waals surface area contributed by atoms with Crippen molar-refractivity contribution in [2.75, 3.05) is 40.4 Å². The second kappa shape index (κ2) is 11.1. The fourth-order valence-electron chi connectivity index (χ4n) is 3.74. The molecule has 1 amide bonds. The molecule has 34 heavy (non-hydrogen) atoms. The summed E-state index contributed by atoms with van der Waals surface area (Å²) in [5.74, 6) is -0.234. The van der Waals surface area contributed by atoms with Crippen molar-refractivity contribution in [1.82, 2.24) is 5.32 Å². The first-order valence-corrected chi connectivity index (χ1v) is 14.6. The average Bonchev–Trinajstić information content (AvgIpc) is 3.24. The molecule has 1 fully saturated rings. The van der Waals surface area contributed by atoms with Crippen LogP contribution in [0.4, 0.5) is 17.1 Å². The fourth-order valence-corrected chi connectivity index (χ4v) is 4.87. The summed E-state index contributed by atoms with van der Waals surface area (Å²) in [6, 6.07) is 11.3. The van der Waals surface area contributed by atoms with Gasteiger partial charge in [0.1, 0.15) is 12.4 Å². The van der Waals surface area contributed by atoms with E-state index in [-0.39, 0.29) is 16.9 Å². The molecule has 12 heteroatoms. The predicted octanol–water partition coefficient (Wildman–Crippen LogP) is 2.59. The maximum Gasteiger partial charge on any atom is 0.257 e. The summed E-state index contributed by atoms with van der Waals surface area (Å²) in [5, 5.41) is 6.09. The number of sulfonamides is 2. The van der Waals surface area contributed by atoms with Crippen LogP contribution in [0.5, 0.6) is 5.75 Å². The average molecular weight is 511 g/mol. The zero-order valence-corrected chi connectivity index (χ0v) is 20.8. The van der Waals surface area contributed by atoms with Gasteiger partial charge in [-0.05, 0) is 43.2 Å². The third-order valence-electron chi connectivity index (χ3n) is 5.15. The number of para-hydroxylation sites is 1. The second-order valence-corrected chi connectivity index (χ2v) is 11.7. The van der Waals surface area contributed by atoms with Gasteiger partial charge in [-0.3, -0.25) is 14.2 Å². The molecule has 1 aliphatic carbocycles. The van der Waals surface area contributed by atoms with Crippen LogP contribution < -0.4 is 24.8 Å². The molecule has 0 aliphatic heterocycles. The van der Waals surface area contributed by atoms with Crippen LogP contribution in [0.2, 0.25) is 0 Å². The molecule has 10 nitrogen and oxygen atoms in total. The fraction of sp³-hybridized carbons (Fsp3) is 0.409. The van der Waals surface area contributed by atoms with Crippen molar-refractivity contribution >= 4 is 43.0 Å². The largest absolute Gasteiger partial charge is 0.490 e. The lowest BCUT2D eigenvalue weighted by Gasteiger charge is -2.16. The zero-order chi connectivity index (χ0) is 24.8. The molecule has 1 saturated carbocycles. The Morgan fingerprint density at radius 2 is 1.59 bits per heavy atom. The molecule has 0 radical (unpaired) electrons. The van der Waals surface area contributed by atoms with Crippen LogP contribution in [0.1, 0.15) is 36.0 Å². The second-order valence-electron chi connectivity index (χ2n) is 8.24. The molecule has 0 spiro atoms. The third-order valence-corrected chi connectivity index (χ3v) is 6.33. The van der Waals surface area contributed by atoms with Gasteiger partial charge in [-0.25, -0.2) is 16.8 Å². The lowest BCUT2D eigenvalue weighted by atomic mass is 10.1. The number of carbonyl (C=O) groups is 1. The van der Waals surface area contributed by atoms with Crippen LogP contribution in [0.15, 0.2) is 42.5 Å². The van der Waals surface area contributed by atoms with Crippen molar-refractivity contribution in [3.63, 3.8) is 0 Å². The van der Waals surface area contributed by atoms with Gasteiger partial charge in [0.25, 0.3) is 5.91 Å². The van der Waals surface area contributed by atoms with Gasteiger partial charge in [0.05, 0.1) is 29.4 Å². The van der Waals surface area contributed by atoms with Gasteiger partial charge >= 0.3 is 0 Å². The van der Waals surface area contributed by atoms with Crippen LogP contribution in [0.3, 0.4) is 0 Å². The van der Waals surface area contributed by atoms with Gasteiger partial charge in [-0.15, -0.1) is 0 Å². The standard InChI is InChI=1S/C22H30N4O6S2/c1-33(28,29)25-19-10-6-5-9-18(19)22(27)24-17-11-12-21(20(15-17)26-34(2,30)31)32-14-13-23-16-7-3-4-8-16/h5-6,9-12,15-16,23,25-26H,3-4,7-8,13-14H2,1-2H3,(H,24,27). The van der Waals surface area contributed by atoms with Gasteiger partial charge in [-0.2, -0.15) is 0 Å². The molecule has 2 aromatic rings. The smallest absolute Gasteiger partial charge is 0.257 e. The van der Waals surface area contributed by atoms with Gasteiger partial charge in [-0.1, -0.05) is 25.0 Å². The van der Waals surface area contributed by atoms with Gasteiger partial charge in [0.2, 0.25) is 20.0 Å². The van der Waals surface area contributed by atoms with E-state index in [9.17, 15) is 21.6 Å². The maximum atomic E-state index is 12.8. The predicted molar refractivity (Wildman–Crippen MR) is 134 cm³/mol.